The number of piperidine rings is 1. The number of aryl methyl sites for hydroxylation is 2. The second kappa shape index (κ2) is 4.39. The van der Waals surface area contributed by atoms with Crippen LogP contribution in [0.15, 0.2) is 6.20 Å². The molecular formula is C13H20N4O. The van der Waals surface area contributed by atoms with Crippen molar-refractivity contribution in [3.05, 3.63) is 17.5 Å². The molecule has 1 N–H and O–H groups in total. The van der Waals surface area contributed by atoms with Gasteiger partial charge in [0.25, 0.3) is 5.91 Å². The van der Waals surface area contributed by atoms with E-state index in [1.54, 1.807) is 4.68 Å². The highest BCUT2D eigenvalue weighted by Crippen LogP contribution is 2.25. The van der Waals surface area contributed by atoms with E-state index in [1.807, 2.05) is 25.1 Å². The van der Waals surface area contributed by atoms with Crippen LogP contribution in [0.5, 0.6) is 0 Å². The summed E-state index contributed by atoms with van der Waals surface area (Å²) in [6.45, 7) is 4.76. The van der Waals surface area contributed by atoms with E-state index < -0.39 is 0 Å². The SMILES string of the molecule is Cc1nn(C)cc1C(=O)N1CCC2NCCC2C1. The Morgan fingerprint density at radius 3 is 3.06 bits per heavy atom. The molecule has 0 spiro atoms. The lowest BCUT2D eigenvalue weighted by Gasteiger charge is -2.34. The summed E-state index contributed by atoms with van der Waals surface area (Å²) in [4.78, 5) is 14.5. The van der Waals surface area contributed by atoms with Crippen LogP contribution >= 0.6 is 0 Å². The molecule has 1 aromatic heterocycles. The molecule has 98 valence electrons. The average molecular weight is 248 g/mol. The van der Waals surface area contributed by atoms with Crippen molar-refractivity contribution in [2.75, 3.05) is 19.6 Å². The first kappa shape index (κ1) is 11.7. The van der Waals surface area contributed by atoms with Crippen LogP contribution < -0.4 is 5.32 Å². The van der Waals surface area contributed by atoms with E-state index in [2.05, 4.69) is 10.4 Å². The zero-order valence-electron chi connectivity index (χ0n) is 11.0. The fourth-order valence-electron chi connectivity index (χ4n) is 3.21. The lowest BCUT2D eigenvalue weighted by atomic mass is 9.93. The third kappa shape index (κ3) is 1.92. The normalized spacial score (nSPS) is 27.3. The third-order valence-electron chi connectivity index (χ3n) is 4.19. The van der Waals surface area contributed by atoms with E-state index in [4.69, 9.17) is 0 Å². The molecule has 5 nitrogen and oxygen atoms in total. The Morgan fingerprint density at radius 2 is 2.33 bits per heavy atom. The number of rotatable bonds is 1. The van der Waals surface area contributed by atoms with Crippen LogP contribution in [0.1, 0.15) is 28.9 Å². The van der Waals surface area contributed by atoms with E-state index in [9.17, 15) is 4.79 Å². The largest absolute Gasteiger partial charge is 0.338 e. The van der Waals surface area contributed by atoms with Crippen LogP contribution in [-0.4, -0.2) is 46.3 Å². The van der Waals surface area contributed by atoms with Gasteiger partial charge in [-0.15, -0.1) is 0 Å². The Labute approximate surface area is 107 Å². The maximum absolute atomic E-state index is 12.5. The average Bonchev–Trinajstić information content (AvgIpc) is 2.93. The van der Waals surface area contributed by atoms with Gasteiger partial charge in [-0.3, -0.25) is 9.48 Å². The first-order valence-electron chi connectivity index (χ1n) is 6.68. The number of carbonyl (C=O) groups excluding carboxylic acids is 1. The Kier molecular flexibility index (Phi) is 2.86. The van der Waals surface area contributed by atoms with Crippen LogP contribution in [0.2, 0.25) is 0 Å². The van der Waals surface area contributed by atoms with Gasteiger partial charge in [0.05, 0.1) is 11.3 Å². The molecule has 1 amide bonds. The molecule has 3 rings (SSSR count). The number of aromatic nitrogens is 2. The minimum absolute atomic E-state index is 0.144. The summed E-state index contributed by atoms with van der Waals surface area (Å²) in [5, 5.41) is 7.77. The van der Waals surface area contributed by atoms with E-state index in [0.717, 1.165) is 37.3 Å². The van der Waals surface area contributed by atoms with Crippen molar-refractivity contribution in [1.29, 1.82) is 0 Å². The van der Waals surface area contributed by atoms with Gasteiger partial charge in [-0.25, -0.2) is 0 Å². The third-order valence-corrected chi connectivity index (χ3v) is 4.19. The maximum Gasteiger partial charge on any atom is 0.257 e. The monoisotopic (exact) mass is 248 g/mol. The Hall–Kier alpha value is -1.36. The second-order valence-electron chi connectivity index (χ2n) is 5.45. The summed E-state index contributed by atoms with van der Waals surface area (Å²) in [6, 6.07) is 0.629. The molecule has 0 aromatic carbocycles. The van der Waals surface area contributed by atoms with Gasteiger partial charge in [-0.2, -0.15) is 5.10 Å². The standard InChI is InChI=1S/C13H20N4O/c1-9-11(8-16(2)15-9)13(18)17-6-4-12-10(7-17)3-5-14-12/h8,10,12,14H,3-7H2,1-2H3. The molecule has 0 bridgehead atoms. The van der Waals surface area contributed by atoms with Crippen molar-refractivity contribution in [3.8, 4) is 0 Å². The van der Waals surface area contributed by atoms with E-state index >= 15 is 0 Å². The van der Waals surface area contributed by atoms with E-state index in [1.165, 1.54) is 6.42 Å². The van der Waals surface area contributed by atoms with Gasteiger partial charge in [-0.1, -0.05) is 0 Å². The zero-order chi connectivity index (χ0) is 12.7. The van der Waals surface area contributed by atoms with E-state index in [-0.39, 0.29) is 5.91 Å². The van der Waals surface area contributed by atoms with Gasteiger partial charge in [0.1, 0.15) is 0 Å². The van der Waals surface area contributed by atoms with Gasteiger partial charge in [-0.05, 0) is 32.2 Å². The lowest BCUT2D eigenvalue weighted by molar-refractivity contribution is 0.0661. The van der Waals surface area contributed by atoms with Gasteiger partial charge in [0, 0.05) is 32.4 Å². The number of nitrogens with zero attached hydrogens (tertiary/aromatic N) is 3. The van der Waals surface area contributed by atoms with Crippen molar-refractivity contribution in [2.45, 2.75) is 25.8 Å². The summed E-state index contributed by atoms with van der Waals surface area (Å²) in [6.07, 6.45) is 4.10. The fourth-order valence-corrected chi connectivity index (χ4v) is 3.21. The van der Waals surface area contributed by atoms with E-state index in [0.29, 0.717) is 12.0 Å². The van der Waals surface area contributed by atoms with Crippen LogP contribution in [0.3, 0.4) is 0 Å². The summed E-state index contributed by atoms with van der Waals surface area (Å²) < 4.78 is 1.71. The van der Waals surface area contributed by atoms with Crippen LogP contribution in [-0.2, 0) is 7.05 Å². The summed E-state index contributed by atoms with van der Waals surface area (Å²) in [7, 11) is 1.86. The Balaban J connectivity index is 1.75. The molecule has 3 heterocycles. The van der Waals surface area contributed by atoms with Crippen molar-refractivity contribution in [3.63, 3.8) is 0 Å². The van der Waals surface area contributed by atoms with Crippen LogP contribution in [0.25, 0.3) is 0 Å². The Morgan fingerprint density at radius 1 is 1.50 bits per heavy atom. The molecular weight excluding hydrogens is 228 g/mol. The highest BCUT2D eigenvalue weighted by molar-refractivity contribution is 5.95. The number of amides is 1. The van der Waals surface area contributed by atoms with Crippen molar-refractivity contribution >= 4 is 5.91 Å². The van der Waals surface area contributed by atoms with Crippen LogP contribution in [0, 0.1) is 12.8 Å². The molecule has 2 aliphatic heterocycles. The smallest absolute Gasteiger partial charge is 0.257 e. The quantitative estimate of drug-likeness (QED) is 0.789. The summed E-state index contributed by atoms with van der Waals surface area (Å²) in [5.74, 6) is 0.783. The Bertz CT molecular complexity index is 468. The predicted molar refractivity (Wildman–Crippen MR) is 68.4 cm³/mol. The fraction of sp³-hybridized carbons (Fsp3) is 0.692. The zero-order valence-corrected chi connectivity index (χ0v) is 11.0. The van der Waals surface area contributed by atoms with Crippen molar-refractivity contribution < 1.29 is 4.79 Å². The molecule has 2 fully saturated rings. The first-order chi connectivity index (χ1) is 8.65. The number of likely N-dealkylation sites (tertiary alicyclic amines) is 1. The maximum atomic E-state index is 12.5. The molecule has 0 aliphatic carbocycles. The number of hydrogen-bond donors (Lipinski definition) is 1. The molecule has 18 heavy (non-hydrogen) atoms. The number of carbonyl (C=O) groups is 1. The summed E-state index contributed by atoms with van der Waals surface area (Å²) >= 11 is 0. The molecule has 2 atom stereocenters. The van der Waals surface area contributed by atoms with Gasteiger partial charge >= 0.3 is 0 Å². The molecule has 0 radical (unpaired) electrons. The topological polar surface area (TPSA) is 50.2 Å². The minimum Gasteiger partial charge on any atom is -0.338 e. The predicted octanol–water partition coefficient (Wildman–Crippen LogP) is 0.553. The number of hydrogen-bond acceptors (Lipinski definition) is 3. The minimum atomic E-state index is 0.144. The lowest BCUT2D eigenvalue weighted by Crippen LogP contribution is -2.46. The molecule has 2 saturated heterocycles. The van der Waals surface area contributed by atoms with Crippen molar-refractivity contribution in [1.82, 2.24) is 20.0 Å². The van der Waals surface area contributed by atoms with Crippen molar-refractivity contribution in [2.24, 2.45) is 13.0 Å². The van der Waals surface area contributed by atoms with Gasteiger partial charge in [0.2, 0.25) is 0 Å². The highest BCUT2D eigenvalue weighted by atomic mass is 16.2. The van der Waals surface area contributed by atoms with Crippen LogP contribution in [0.4, 0.5) is 0 Å². The van der Waals surface area contributed by atoms with Gasteiger partial charge in [0.15, 0.2) is 0 Å². The second-order valence-corrected chi connectivity index (χ2v) is 5.45. The number of nitrogens with one attached hydrogen (secondary N) is 1. The molecule has 2 aliphatic rings. The summed E-state index contributed by atoms with van der Waals surface area (Å²) in [5.41, 5.74) is 1.58. The van der Waals surface area contributed by atoms with Gasteiger partial charge < -0.3 is 10.2 Å². The first-order valence-corrected chi connectivity index (χ1v) is 6.68. The molecule has 5 heteroatoms. The molecule has 1 aromatic rings. The highest BCUT2D eigenvalue weighted by Gasteiger charge is 2.35. The number of fused-ring (bicyclic) bond motifs is 1. The molecule has 0 saturated carbocycles. The molecule has 2 unspecified atom stereocenters.